The molecule has 0 aliphatic carbocycles. The van der Waals surface area contributed by atoms with Crippen LogP contribution in [0.3, 0.4) is 0 Å². The van der Waals surface area contributed by atoms with E-state index in [0.717, 1.165) is 0 Å². The number of nitriles is 1. The van der Waals surface area contributed by atoms with Crippen molar-refractivity contribution in [3.63, 3.8) is 0 Å². The molecule has 0 fully saturated rings. The molecule has 2 rings (SSSR count). The summed E-state index contributed by atoms with van der Waals surface area (Å²) in [7, 11) is 1.44. The van der Waals surface area contributed by atoms with Gasteiger partial charge in [-0.1, -0.05) is 18.2 Å². The standard InChI is InChI=1S/C19H16FNO4/c1-12(19(22)23)25-17-8-3-13(10-18(17)24-2)9-15(11-21)14-4-6-16(20)7-5-14/h3-10,12H,1-2H3,(H,22,23)/b15-9-/t12-/m1/s1. The van der Waals surface area contributed by atoms with E-state index in [2.05, 4.69) is 6.07 Å². The number of hydrogen-bond acceptors (Lipinski definition) is 4. The number of nitrogens with zero attached hydrogens (tertiary/aromatic N) is 1. The van der Waals surface area contributed by atoms with E-state index in [9.17, 15) is 14.4 Å². The minimum atomic E-state index is -1.09. The molecule has 2 aromatic rings. The molecule has 0 radical (unpaired) electrons. The lowest BCUT2D eigenvalue weighted by Gasteiger charge is -2.14. The number of ether oxygens (including phenoxy) is 2. The molecular weight excluding hydrogens is 325 g/mol. The van der Waals surface area contributed by atoms with Crippen LogP contribution in [0.25, 0.3) is 11.6 Å². The Labute approximate surface area is 144 Å². The number of methoxy groups -OCH3 is 1. The Morgan fingerprint density at radius 2 is 1.92 bits per heavy atom. The molecular formula is C19H16FNO4. The van der Waals surface area contributed by atoms with E-state index in [-0.39, 0.29) is 11.6 Å². The fourth-order valence-corrected chi connectivity index (χ4v) is 2.09. The molecule has 0 aliphatic rings. The lowest BCUT2D eigenvalue weighted by atomic mass is 10.0. The Bertz CT molecular complexity index is 837. The molecule has 0 spiro atoms. The van der Waals surface area contributed by atoms with Gasteiger partial charge in [-0.25, -0.2) is 9.18 Å². The smallest absolute Gasteiger partial charge is 0.344 e. The van der Waals surface area contributed by atoms with Crippen LogP contribution in [0.2, 0.25) is 0 Å². The van der Waals surface area contributed by atoms with Gasteiger partial charge in [0, 0.05) is 0 Å². The van der Waals surface area contributed by atoms with Crippen LogP contribution in [0, 0.1) is 17.1 Å². The summed E-state index contributed by atoms with van der Waals surface area (Å²) < 4.78 is 23.6. The fourth-order valence-electron chi connectivity index (χ4n) is 2.09. The zero-order valence-electron chi connectivity index (χ0n) is 13.7. The van der Waals surface area contributed by atoms with Gasteiger partial charge >= 0.3 is 5.97 Å². The summed E-state index contributed by atoms with van der Waals surface area (Å²) in [5, 5.41) is 18.3. The highest BCUT2D eigenvalue weighted by Crippen LogP contribution is 2.30. The van der Waals surface area contributed by atoms with Crippen LogP contribution < -0.4 is 9.47 Å². The maximum atomic E-state index is 13.0. The van der Waals surface area contributed by atoms with Gasteiger partial charge in [-0.05, 0) is 48.4 Å². The highest BCUT2D eigenvalue weighted by Gasteiger charge is 2.15. The Hall–Kier alpha value is -3.33. The molecule has 0 aromatic heterocycles. The number of benzene rings is 2. The highest BCUT2D eigenvalue weighted by molar-refractivity contribution is 5.89. The largest absolute Gasteiger partial charge is 0.493 e. The second-order valence-electron chi connectivity index (χ2n) is 5.19. The predicted molar refractivity (Wildman–Crippen MR) is 90.6 cm³/mol. The summed E-state index contributed by atoms with van der Waals surface area (Å²) in [5.41, 5.74) is 1.60. The molecule has 2 aromatic carbocycles. The van der Waals surface area contributed by atoms with Crippen LogP contribution in [-0.2, 0) is 4.79 Å². The van der Waals surface area contributed by atoms with E-state index < -0.39 is 12.1 Å². The van der Waals surface area contributed by atoms with Crippen molar-refractivity contribution in [3.8, 4) is 17.6 Å². The number of aliphatic carboxylic acids is 1. The lowest BCUT2D eigenvalue weighted by Crippen LogP contribution is -2.23. The molecule has 0 amide bonds. The van der Waals surface area contributed by atoms with Crippen molar-refractivity contribution in [1.29, 1.82) is 5.26 Å². The van der Waals surface area contributed by atoms with E-state index in [4.69, 9.17) is 14.6 Å². The van der Waals surface area contributed by atoms with E-state index in [1.54, 1.807) is 24.3 Å². The van der Waals surface area contributed by atoms with Crippen molar-refractivity contribution in [2.24, 2.45) is 0 Å². The quantitative estimate of drug-likeness (QED) is 0.639. The highest BCUT2D eigenvalue weighted by atomic mass is 19.1. The van der Waals surface area contributed by atoms with Crippen molar-refractivity contribution >= 4 is 17.6 Å². The number of carboxylic acid groups (broad SMARTS) is 1. The second kappa shape index (κ2) is 7.97. The van der Waals surface area contributed by atoms with E-state index in [0.29, 0.717) is 22.4 Å². The Kier molecular flexibility index (Phi) is 5.75. The third-order valence-corrected chi connectivity index (χ3v) is 3.43. The molecule has 0 aliphatic heterocycles. The molecule has 0 heterocycles. The van der Waals surface area contributed by atoms with Crippen molar-refractivity contribution in [2.75, 3.05) is 7.11 Å². The van der Waals surface area contributed by atoms with Gasteiger partial charge in [-0.15, -0.1) is 0 Å². The number of rotatable bonds is 6. The Morgan fingerprint density at radius 3 is 2.48 bits per heavy atom. The first-order chi connectivity index (χ1) is 11.9. The van der Waals surface area contributed by atoms with Crippen LogP contribution in [0.5, 0.6) is 11.5 Å². The zero-order chi connectivity index (χ0) is 18.4. The van der Waals surface area contributed by atoms with Crippen molar-refractivity contribution in [2.45, 2.75) is 13.0 Å². The number of carbonyl (C=O) groups is 1. The summed E-state index contributed by atoms with van der Waals surface area (Å²) in [6, 6.07) is 12.6. The molecule has 0 bridgehead atoms. The zero-order valence-corrected chi connectivity index (χ0v) is 13.7. The summed E-state index contributed by atoms with van der Waals surface area (Å²) in [6.45, 7) is 1.41. The molecule has 128 valence electrons. The van der Waals surface area contributed by atoms with Gasteiger partial charge in [-0.3, -0.25) is 0 Å². The van der Waals surface area contributed by atoms with E-state index in [1.807, 2.05) is 0 Å². The van der Waals surface area contributed by atoms with Gasteiger partial charge in [-0.2, -0.15) is 5.26 Å². The molecule has 5 nitrogen and oxygen atoms in total. The van der Waals surface area contributed by atoms with Gasteiger partial charge in [0.15, 0.2) is 17.6 Å². The third kappa shape index (κ3) is 4.58. The van der Waals surface area contributed by atoms with Gasteiger partial charge < -0.3 is 14.6 Å². The van der Waals surface area contributed by atoms with Crippen molar-refractivity contribution in [3.05, 3.63) is 59.4 Å². The molecule has 6 heteroatoms. The van der Waals surface area contributed by atoms with Crippen LogP contribution in [0.4, 0.5) is 4.39 Å². The van der Waals surface area contributed by atoms with Gasteiger partial charge in [0.1, 0.15) is 5.82 Å². The maximum absolute atomic E-state index is 13.0. The number of halogens is 1. The molecule has 1 atom stereocenters. The summed E-state index contributed by atoms with van der Waals surface area (Å²) in [4.78, 5) is 10.9. The van der Waals surface area contributed by atoms with Gasteiger partial charge in [0.2, 0.25) is 0 Å². The first kappa shape index (κ1) is 18.0. The molecule has 1 N–H and O–H groups in total. The normalized spacial score (nSPS) is 12.2. The van der Waals surface area contributed by atoms with E-state index >= 15 is 0 Å². The number of carboxylic acids is 1. The van der Waals surface area contributed by atoms with E-state index in [1.165, 1.54) is 38.3 Å². The van der Waals surface area contributed by atoms with Crippen LogP contribution >= 0.6 is 0 Å². The molecule has 25 heavy (non-hydrogen) atoms. The minimum absolute atomic E-state index is 0.287. The monoisotopic (exact) mass is 341 g/mol. The van der Waals surface area contributed by atoms with Crippen molar-refractivity contribution < 1.29 is 23.8 Å². The molecule has 0 saturated carbocycles. The summed E-state index contributed by atoms with van der Waals surface area (Å²) in [6.07, 6.45) is 0.601. The topological polar surface area (TPSA) is 79.5 Å². The Balaban J connectivity index is 2.34. The fraction of sp³-hybridized carbons (Fsp3) is 0.158. The Morgan fingerprint density at radius 1 is 1.24 bits per heavy atom. The van der Waals surface area contributed by atoms with Gasteiger partial charge in [0.05, 0.1) is 18.8 Å². The van der Waals surface area contributed by atoms with Crippen LogP contribution in [-0.4, -0.2) is 24.3 Å². The lowest BCUT2D eigenvalue weighted by molar-refractivity contribution is -0.144. The molecule has 0 saturated heterocycles. The van der Waals surface area contributed by atoms with Crippen LogP contribution in [0.15, 0.2) is 42.5 Å². The molecule has 0 unspecified atom stereocenters. The summed E-state index contributed by atoms with van der Waals surface area (Å²) >= 11 is 0. The van der Waals surface area contributed by atoms with Crippen LogP contribution in [0.1, 0.15) is 18.1 Å². The first-order valence-electron chi connectivity index (χ1n) is 7.40. The maximum Gasteiger partial charge on any atom is 0.344 e. The second-order valence-corrected chi connectivity index (χ2v) is 5.19. The average molecular weight is 341 g/mol. The SMILES string of the molecule is COc1cc(/C=C(/C#N)c2ccc(F)cc2)ccc1O[C@H](C)C(=O)O. The summed E-state index contributed by atoms with van der Waals surface area (Å²) in [5.74, 6) is -0.834. The number of hydrogen-bond donors (Lipinski definition) is 1. The minimum Gasteiger partial charge on any atom is -0.493 e. The third-order valence-electron chi connectivity index (χ3n) is 3.43. The van der Waals surface area contributed by atoms with Gasteiger partial charge in [0.25, 0.3) is 0 Å². The first-order valence-corrected chi connectivity index (χ1v) is 7.40. The number of allylic oxidation sites excluding steroid dienone is 1. The van der Waals surface area contributed by atoms with Crippen molar-refractivity contribution in [1.82, 2.24) is 0 Å². The average Bonchev–Trinajstić information content (AvgIpc) is 2.61. The predicted octanol–water partition coefficient (Wildman–Crippen LogP) is 3.75.